The molecule has 1 aromatic carbocycles. The van der Waals surface area contributed by atoms with Crippen molar-refractivity contribution in [1.82, 2.24) is 4.98 Å². The molecule has 0 spiro atoms. The van der Waals surface area contributed by atoms with Crippen LogP contribution in [-0.2, 0) is 11.2 Å². The summed E-state index contributed by atoms with van der Waals surface area (Å²) in [5.41, 5.74) is 2.55. The Bertz CT molecular complexity index is 1080. The molecule has 0 aliphatic carbocycles. The van der Waals surface area contributed by atoms with Gasteiger partial charge in [-0.1, -0.05) is 13.3 Å². The van der Waals surface area contributed by atoms with E-state index in [1.54, 1.807) is 31.2 Å². The van der Waals surface area contributed by atoms with Crippen molar-refractivity contribution < 1.29 is 18.7 Å². The number of esters is 1. The smallest absolute Gasteiger partial charge is 0.339 e. The zero-order valence-corrected chi connectivity index (χ0v) is 15.3. The molecule has 0 fully saturated rings. The number of H-pyrrole nitrogens is 1. The summed E-state index contributed by atoms with van der Waals surface area (Å²) in [7, 11) is 1.32. The third-order valence-electron chi connectivity index (χ3n) is 4.28. The lowest BCUT2D eigenvalue weighted by atomic mass is 10.0. The number of hydrogen-bond acceptors (Lipinski definition) is 5. The molecule has 7 nitrogen and oxygen atoms in total. The topological polar surface area (TPSA) is 101 Å². The van der Waals surface area contributed by atoms with Gasteiger partial charge in [0.25, 0.3) is 5.91 Å². The molecule has 140 valence electrons. The van der Waals surface area contributed by atoms with Crippen molar-refractivity contribution in [3.05, 3.63) is 63.3 Å². The van der Waals surface area contributed by atoms with E-state index in [1.165, 1.54) is 13.2 Å². The number of aryl methyl sites for hydroxylation is 1. The maximum absolute atomic E-state index is 12.8. The molecular weight excluding hydrogens is 348 g/mol. The number of ether oxygens (including phenoxy) is 1. The maximum atomic E-state index is 12.8. The monoisotopic (exact) mass is 368 g/mol. The molecule has 1 amide bonds. The van der Waals surface area contributed by atoms with E-state index < -0.39 is 11.6 Å². The third kappa shape index (κ3) is 3.62. The molecule has 3 rings (SSSR count). The van der Waals surface area contributed by atoms with Gasteiger partial charge >= 0.3 is 11.6 Å². The number of rotatable bonds is 5. The van der Waals surface area contributed by atoms with Crippen molar-refractivity contribution in [3.8, 4) is 0 Å². The van der Waals surface area contributed by atoms with Crippen LogP contribution in [0.4, 0.5) is 5.69 Å². The van der Waals surface area contributed by atoms with Crippen molar-refractivity contribution in [2.24, 2.45) is 0 Å². The first-order chi connectivity index (χ1) is 12.9. The summed E-state index contributed by atoms with van der Waals surface area (Å²) in [5.74, 6) is -0.819. The molecule has 0 saturated heterocycles. The zero-order chi connectivity index (χ0) is 19.6. The van der Waals surface area contributed by atoms with Gasteiger partial charge in [0.15, 0.2) is 0 Å². The fourth-order valence-corrected chi connectivity index (χ4v) is 3.09. The van der Waals surface area contributed by atoms with Crippen molar-refractivity contribution >= 4 is 28.5 Å². The number of amides is 1. The van der Waals surface area contributed by atoms with Gasteiger partial charge in [-0.25, -0.2) is 9.59 Å². The second kappa shape index (κ2) is 7.49. The average Bonchev–Trinajstić information content (AvgIpc) is 2.98. The molecule has 2 aromatic heterocycles. The van der Waals surface area contributed by atoms with Gasteiger partial charge in [0, 0.05) is 22.8 Å². The van der Waals surface area contributed by atoms with Crippen molar-refractivity contribution in [2.45, 2.75) is 26.7 Å². The second-order valence-corrected chi connectivity index (χ2v) is 6.18. The lowest BCUT2D eigenvalue weighted by Gasteiger charge is -2.08. The van der Waals surface area contributed by atoms with Crippen molar-refractivity contribution in [3.63, 3.8) is 0 Å². The van der Waals surface area contributed by atoms with Gasteiger partial charge in [-0.2, -0.15) is 0 Å². The predicted octanol–water partition coefficient (Wildman–Crippen LogP) is 3.42. The van der Waals surface area contributed by atoms with Gasteiger partial charge in [-0.3, -0.25) is 4.79 Å². The number of nitrogens with one attached hydrogen (secondary N) is 2. The first kappa shape index (κ1) is 18.4. The summed E-state index contributed by atoms with van der Waals surface area (Å²) in [5, 5.41) is 3.51. The van der Waals surface area contributed by atoms with Gasteiger partial charge in [-0.15, -0.1) is 0 Å². The van der Waals surface area contributed by atoms with Crippen LogP contribution in [0.5, 0.6) is 0 Å². The van der Waals surface area contributed by atoms with Gasteiger partial charge in [-0.05, 0) is 43.2 Å². The molecule has 2 heterocycles. The lowest BCUT2D eigenvalue weighted by molar-refractivity contribution is 0.0599. The predicted molar refractivity (Wildman–Crippen MR) is 101 cm³/mol. The Labute approximate surface area is 155 Å². The van der Waals surface area contributed by atoms with E-state index >= 15 is 0 Å². The summed E-state index contributed by atoms with van der Waals surface area (Å²) in [6, 6.07) is 7.95. The van der Waals surface area contributed by atoms with Gasteiger partial charge < -0.3 is 19.5 Å². The highest BCUT2D eigenvalue weighted by Crippen LogP contribution is 2.24. The van der Waals surface area contributed by atoms with E-state index in [1.807, 2.05) is 6.92 Å². The highest BCUT2D eigenvalue weighted by atomic mass is 16.5. The number of benzene rings is 1. The molecule has 0 atom stereocenters. The van der Waals surface area contributed by atoms with Crippen LogP contribution in [0.15, 0.2) is 39.5 Å². The van der Waals surface area contributed by atoms with E-state index in [2.05, 4.69) is 10.3 Å². The Morgan fingerprint density at radius 2 is 2.00 bits per heavy atom. The number of aromatic nitrogens is 1. The molecular formula is C20H20N2O5. The Kier molecular flexibility index (Phi) is 5.12. The van der Waals surface area contributed by atoms with Crippen LogP contribution in [0.25, 0.3) is 11.0 Å². The van der Waals surface area contributed by atoms with Crippen LogP contribution in [0.1, 0.15) is 45.4 Å². The van der Waals surface area contributed by atoms with Crippen LogP contribution < -0.4 is 10.9 Å². The molecule has 0 unspecified atom stereocenters. The summed E-state index contributed by atoms with van der Waals surface area (Å²) < 4.78 is 9.94. The first-order valence-corrected chi connectivity index (χ1v) is 8.59. The molecule has 3 aromatic rings. The quantitative estimate of drug-likeness (QED) is 0.531. The van der Waals surface area contributed by atoms with Crippen LogP contribution in [0.3, 0.4) is 0 Å². The highest BCUT2D eigenvalue weighted by Gasteiger charge is 2.24. The molecule has 2 N–H and O–H groups in total. The van der Waals surface area contributed by atoms with Crippen LogP contribution in [-0.4, -0.2) is 24.0 Å². The van der Waals surface area contributed by atoms with Crippen molar-refractivity contribution in [1.29, 1.82) is 0 Å². The minimum absolute atomic E-state index is 0.342. The number of hydrogen-bond donors (Lipinski definition) is 2. The fraction of sp³-hybridized carbons (Fsp3) is 0.250. The Morgan fingerprint density at radius 1 is 1.22 bits per heavy atom. The van der Waals surface area contributed by atoms with E-state index in [4.69, 9.17) is 9.15 Å². The lowest BCUT2D eigenvalue weighted by Crippen LogP contribution is -2.15. The highest BCUT2D eigenvalue weighted by molar-refractivity contribution is 6.07. The van der Waals surface area contributed by atoms with Crippen LogP contribution >= 0.6 is 0 Å². The molecule has 0 saturated carbocycles. The van der Waals surface area contributed by atoms with E-state index in [-0.39, 0.29) is 5.91 Å². The molecule has 0 radical (unpaired) electrons. The summed E-state index contributed by atoms with van der Waals surface area (Å²) >= 11 is 0. The number of methoxy groups -OCH3 is 1. The van der Waals surface area contributed by atoms with E-state index in [0.717, 1.165) is 6.42 Å². The van der Waals surface area contributed by atoms with Gasteiger partial charge in [0.1, 0.15) is 11.3 Å². The minimum atomic E-state index is -0.466. The number of carbonyl (C=O) groups excluding carboxylic acids is 2. The van der Waals surface area contributed by atoms with Gasteiger partial charge in [0.05, 0.1) is 12.7 Å². The summed E-state index contributed by atoms with van der Waals surface area (Å²) in [6.45, 7) is 3.71. The molecule has 0 aliphatic rings. The molecule has 0 bridgehead atoms. The minimum Gasteiger partial charge on any atom is -0.465 e. The third-order valence-corrected chi connectivity index (χ3v) is 4.28. The SMILES string of the molecule is CCCc1c(C(=O)Nc2ccc3oc(=O)ccc3c2)[nH]c(C)c1C(=O)OC. The fourth-order valence-electron chi connectivity index (χ4n) is 3.09. The first-order valence-electron chi connectivity index (χ1n) is 8.59. The Hall–Kier alpha value is -3.35. The summed E-state index contributed by atoms with van der Waals surface area (Å²) in [4.78, 5) is 39.2. The number of carbonyl (C=O) groups is 2. The number of aromatic amines is 1. The Morgan fingerprint density at radius 3 is 2.70 bits per heavy atom. The Balaban J connectivity index is 1.95. The van der Waals surface area contributed by atoms with Gasteiger partial charge in [0.2, 0.25) is 0 Å². The van der Waals surface area contributed by atoms with Crippen LogP contribution in [0, 0.1) is 6.92 Å². The molecule has 7 heteroatoms. The van der Waals surface area contributed by atoms with Crippen LogP contribution in [0.2, 0.25) is 0 Å². The molecule has 0 aliphatic heterocycles. The molecule has 27 heavy (non-hydrogen) atoms. The zero-order valence-electron chi connectivity index (χ0n) is 15.3. The number of fused-ring (bicyclic) bond motifs is 1. The summed E-state index contributed by atoms with van der Waals surface area (Å²) in [6.07, 6.45) is 1.34. The number of anilines is 1. The second-order valence-electron chi connectivity index (χ2n) is 6.18. The standard InChI is InChI=1S/C20H20N2O5/c1-4-5-14-17(20(25)26-3)11(2)21-18(14)19(24)22-13-7-8-15-12(10-13)6-9-16(23)27-15/h6-10,21H,4-5H2,1-3H3,(H,22,24). The maximum Gasteiger partial charge on any atom is 0.339 e. The van der Waals surface area contributed by atoms with E-state index in [0.29, 0.717) is 45.6 Å². The van der Waals surface area contributed by atoms with E-state index in [9.17, 15) is 14.4 Å². The largest absolute Gasteiger partial charge is 0.465 e. The normalized spacial score (nSPS) is 10.8. The average molecular weight is 368 g/mol. The van der Waals surface area contributed by atoms with Crippen molar-refractivity contribution in [2.75, 3.05) is 12.4 Å².